The lowest BCUT2D eigenvalue weighted by atomic mass is 10.1. The fourth-order valence-corrected chi connectivity index (χ4v) is 0.727. The summed E-state index contributed by atoms with van der Waals surface area (Å²) in [5, 5.41) is 3.09. The van der Waals surface area contributed by atoms with Crippen LogP contribution in [-0.2, 0) is 4.79 Å². The minimum atomic E-state index is -0.205. The first-order chi connectivity index (χ1) is 4.66. The van der Waals surface area contributed by atoms with Crippen molar-refractivity contribution in [2.75, 3.05) is 7.05 Å². The molecule has 60 valence electrons. The normalized spacial score (nSPS) is 13.0. The Balaban J connectivity index is 3.11. The SMILES string of the molecule is CNC(C)CCCC(N)=O. The molecule has 1 amide bonds. The first-order valence-electron chi connectivity index (χ1n) is 3.62. The first-order valence-corrected chi connectivity index (χ1v) is 3.62. The number of hydrogen-bond acceptors (Lipinski definition) is 2. The monoisotopic (exact) mass is 144 g/mol. The van der Waals surface area contributed by atoms with Gasteiger partial charge in [0.15, 0.2) is 0 Å². The van der Waals surface area contributed by atoms with Gasteiger partial charge in [0.1, 0.15) is 0 Å². The van der Waals surface area contributed by atoms with E-state index in [9.17, 15) is 4.79 Å². The maximum Gasteiger partial charge on any atom is 0.217 e. The van der Waals surface area contributed by atoms with Gasteiger partial charge in [-0.2, -0.15) is 0 Å². The van der Waals surface area contributed by atoms with E-state index in [1.807, 2.05) is 7.05 Å². The van der Waals surface area contributed by atoms with Crippen molar-refractivity contribution in [1.82, 2.24) is 5.32 Å². The molecule has 0 aromatic heterocycles. The number of carbonyl (C=O) groups is 1. The van der Waals surface area contributed by atoms with Crippen molar-refractivity contribution < 1.29 is 4.79 Å². The third-order valence-electron chi connectivity index (χ3n) is 1.55. The van der Waals surface area contributed by atoms with Crippen LogP contribution in [0.4, 0.5) is 0 Å². The summed E-state index contributed by atoms with van der Waals surface area (Å²) in [6, 6.07) is 0.486. The van der Waals surface area contributed by atoms with E-state index in [4.69, 9.17) is 5.73 Å². The lowest BCUT2D eigenvalue weighted by Crippen LogP contribution is -2.21. The third kappa shape index (κ3) is 5.56. The van der Waals surface area contributed by atoms with Gasteiger partial charge in [-0.25, -0.2) is 0 Å². The molecule has 0 bridgehead atoms. The molecule has 3 N–H and O–H groups in total. The molecule has 3 nitrogen and oxygen atoms in total. The molecule has 0 aliphatic carbocycles. The summed E-state index contributed by atoms with van der Waals surface area (Å²) in [5.41, 5.74) is 4.96. The van der Waals surface area contributed by atoms with Gasteiger partial charge < -0.3 is 11.1 Å². The molecule has 0 rings (SSSR count). The van der Waals surface area contributed by atoms with Crippen molar-refractivity contribution in [2.45, 2.75) is 32.2 Å². The van der Waals surface area contributed by atoms with Crippen LogP contribution in [-0.4, -0.2) is 19.0 Å². The van der Waals surface area contributed by atoms with Gasteiger partial charge >= 0.3 is 0 Å². The highest BCUT2D eigenvalue weighted by Gasteiger charge is 1.98. The summed E-state index contributed by atoms with van der Waals surface area (Å²) >= 11 is 0. The fraction of sp³-hybridized carbons (Fsp3) is 0.857. The topological polar surface area (TPSA) is 55.1 Å². The van der Waals surface area contributed by atoms with Crippen LogP contribution in [0.1, 0.15) is 26.2 Å². The highest BCUT2D eigenvalue weighted by atomic mass is 16.1. The maximum absolute atomic E-state index is 10.3. The molecule has 1 unspecified atom stereocenters. The minimum absolute atomic E-state index is 0.205. The van der Waals surface area contributed by atoms with Crippen molar-refractivity contribution in [3.8, 4) is 0 Å². The maximum atomic E-state index is 10.3. The van der Waals surface area contributed by atoms with E-state index in [0.717, 1.165) is 12.8 Å². The van der Waals surface area contributed by atoms with Crippen LogP contribution in [0.2, 0.25) is 0 Å². The Morgan fingerprint density at radius 3 is 2.70 bits per heavy atom. The second-order valence-electron chi connectivity index (χ2n) is 2.55. The molecule has 0 aliphatic heterocycles. The van der Waals surface area contributed by atoms with Crippen LogP contribution < -0.4 is 11.1 Å². The Bertz CT molecular complexity index is 104. The number of nitrogens with two attached hydrogens (primary N) is 1. The molecule has 0 fully saturated rings. The summed E-state index contributed by atoms with van der Waals surface area (Å²) in [5.74, 6) is -0.205. The molecule has 0 aromatic carbocycles. The van der Waals surface area contributed by atoms with Crippen LogP contribution in [0, 0.1) is 0 Å². The molecule has 0 aromatic rings. The van der Waals surface area contributed by atoms with Crippen LogP contribution in [0.25, 0.3) is 0 Å². The van der Waals surface area contributed by atoms with Gasteiger partial charge in [0.05, 0.1) is 0 Å². The number of primary amides is 1. The van der Waals surface area contributed by atoms with Crippen molar-refractivity contribution in [3.63, 3.8) is 0 Å². The quantitative estimate of drug-likeness (QED) is 0.581. The number of amides is 1. The van der Waals surface area contributed by atoms with Crippen LogP contribution >= 0.6 is 0 Å². The predicted molar refractivity (Wildman–Crippen MR) is 41.6 cm³/mol. The fourth-order valence-electron chi connectivity index (χ4n) is 0.727. The van der Waals surface area contributed by atoms with Gasteiger partial charge in [0, 0.05) is 12.5 Å². The molecule has 3 heteroatoms. The van der Waals surface area contributed by atoms with Crippen LogP contribution in [0.3, 0.4) is 0 Å². The van der Waals surface area contributed by atoms with Gasteiger partial charge in [-0.1, -0.05) is 0 Å². The third-order valence-corrected chi connectivity index (χ3v) is 1.55. The summed E-state index contributed by atoms with van der Waals surface area (Å²) in [6.07, 6.45) is 2.41. The van der Waals surface area contributed by atoms with Gasteiger partial charge in [0.25, 0.3) is 0 Å². The molecule has 0 radical (unpaired) electrons. The zero-order valence-electron chi connectivity index (χ0n) is 6.68. The Labute approximate surface area is 62.0 Å². The standard InChI is InChI=1S/C7H16N2O/c1-6(9-2)4-3-5-7(8)10/h6,9H,3-5H2,1-2H3,(H2,8,10). The van der Waals surface area contributed by atoms with Crippen LogP contribution in [0.15, 0.2) is 0 Å². The zero-order valence-corrected chi connectivity index (χ0v) is 6.68. The Morgan fingerprint density at radius 2 is 2.30 bits per heavy atom. The van der Waals surface area contributed by atoms with Crippen molar-refractivity contribution in [3.05, 3.63) is 0 Å². The number of hydrogen-bond donors (Lipinski definition) is 2. The molecule has 10 heavy (non-hydrogen) atoms. The van der Waals surface area contributed by atoms with Gasteiger partial charge in [0.2, 0.25) is 5.91 Å². The van der Waals surface area contributed by atoms with Gasteiger partial charge in [-0.05, 0) is 26.8 Å². The summed E-state index contributed by atoms with van der Waals surface area (Å²) < 4.78 is 0. The largest absolute Gasteiger partial charge is 0.370 e. The summed E-state index contributed by atoms with van der Waals surface area (Å²) in [4.78, 5) is 10.3. The summed E-state index contributed by atoms with van der Waals surface area (Å²) in [6.45, 7) is 2.08. The van der Waals surface area contributed by atoms with E-state index in [0.29, 0.717) is 12.5 Å². The zero-order chi connectivity index (χ0) is 7.98. The van der Waals surface area contributed by atoms with Gasteiger partial charge in [-0.15, -0.1) is 0 Å². The van der Waals surface area contributed by atoms with Crippen molar-refractivity contribution in [1.29, 1.82) is 0 Å². The molecule has 1 atom stereocenters. The van der Waals surface area contributed by atoms with E-state index < -0.39 is 0 Å². The van der Waals surface area contributed by atoms with E-state index in [1.54, 1.807) is 0 Å². The Hall–Kier alpha value is -0.570. The van der Waals surface area contributed by atoms with Crippen LogP contribution in [0.5, 0.6) is 0 Å². The molecule has 0 aliphatic rings. The summed E-state index contributed by atoms with van der Waals surface area (Å²) in [7, 11) is 1.91. The lowest BCUT2D eigenvalue weighted by molar-refractivity contribution is -0.118. The predicted octanol–water partition coefficient (Wildman–Crippen LogP) is 0.250. The van der Waals surface area contributed by atoms with E-state index in [2.05, 4.69) is 12.2 Å². The molecule has 0 heterocycles. The average Bonchev–Trinajstić information content (AvgIpc) is 1.87. The molecular weight excluding hydrogens is 128 g/mol. The molecule has 0 spiro atoms. The second kappa shape index (κ2) is 5.23. The highest BCUT2D eigenvalue weighted by molar-refractivity contribution is 5.73. The molecule has 0 saturated carbocycles. The highest BCUT2D eigenvalue weighted by Crippen LogP contribution is 1.98. The van der Waals surface area contributed by atoms with Crippen molar-refractivity contribution in [2.24, 2.45) is 5.73 Å². The van der Waals surface area contributed by atoms with Gasteiger partial charge in [-0.3, -0.25) is 4.79 Å². The molecular formula is C7H16N2O. The number of rotatable bonds is 5. The number of carbonyl (C=O) groups excluding carboxylic acids is 1. The number of nitrogens with one attached hydrogen (secondary N) is 1. The molecule has 0 saturated heterocycles. The minimum Gasteiger partial charge on any atom is -0.370 e. The van der Waals surface area contributed by atoms with Crippen molar-refractivity contribution >= 4 is 5.91 Å². The smallest absolute Gasteiger partial charge is 0.217 e. The lowest BCUT2D eigenvalue weighted by Gasteiger charge is -2.07. The first kappa shape index (κ1) is 9.43. The second-order valence-corrected chi connectivity index (χ2v) is 2.55. The van der Waals surface area contributed by atoms with E-state index in [1.165, 1.54) is 0 Å². The van der Waals surface area contributed by atoms with E-state index >= 15 is 0 Å². The average molecular weight is 144 g/mol. The van der Waals surface area contributed by atoms with E-state index in [-0.39, 0.29) is 5.91 Å². The Morgan fingerprint density at radius 1 is 1.70 bits per heavy atom. The Kier molecular flexibility index (Phi) is 4.94.